The highest BCUT2D eigenvalue weighted by Crippen LogP contribution is 2.25. The minimum atomic E-state index is -0.165. The van der Waals surface area contributed by atoms with Crippen molar-refractivity contribution in [1.82, 2.24) is 10.3 Å². The van der Waals surface area contributed by atoms with E-state index >= 15 is 0 Å². The zero-order valence-corrected chi connectivity index (χ0v) is 11.7. The summed E-state index contributed by atoms with van der Waals surface area (Å²) in [6.07, 6.45) is 6.10. The van der Waals surface area contributed by atoms with Crippen LogP contribution in [0.3, 0.4) is 0 Å². The van der Waals surface area contributed by atoms with Crippen LogP contribution in [-0.2, 0) is 11.3 Å². The molecule has 1 aliphatic heterocycles. The number of nitrogens with one attached hydrogen (secondary N) is 1. The number of hydrogen-bond acceptors (Lipinski definition) is 4. The van der Waals surface area contributed by atoms with Crippen molar-refractivity contribution >= 4 is 11.7 Å². The Morgan fingerprint density at radius 1 is 1.35 bits per heavy atom. The first-order valence-corrected chi connectivity index (χ1v) is 7.45. The van der Waals surface area contributed by atoms with E-state index in [9.17, 15) is 4.79 Å². The summed E-state index contributed by atoms with van der Waals surface area (Å²) in [4.78, 5) is 18.0. The SMILES string of the molecule is NC(=O)C1CCN(c2ncccc2CNC2CC2)CC1. The number of aromatic nitrogens is 1. The van der Waals surface area contributed by atoms with Crippen LogP contribution in [-0.4, -0.2) is 30.0 Å². The number of amides is 1. The second kappa shape index (κ2) is 5.79. The predicted octanol–water partition coefficient (Wildman–Crippen LogP) is 1.04. The number of anilines is 1. The van der Waals surface area contributed by atoms with Crippen molar-refractivity contribution in [2.75, 3.05) is 18.0 Å². The number of primary amides is 1. The van der Waals surface area contributed by atoms with Gasteiger partial charge in [-0.1, -0.05) is 6.07 Å². The number of nitrogens with two attached hydrogens (primary N) is 1. The highest BCUT2D eigenvalue weighted by Gasteiger charge is 2.25. The molecule has 0 atom stereocenters. The number of piperidine rings is 1. The van der Waals surface area contributed by atoms with Crippen LogP contribution in [0.5, 0.6) is 0 Å². The maximum absolute atomic E-state index is 11.2. The van der Waals surface area contributed by atoms with Crippen molar-refractivity contribution in [2.45, 2.75) is 38.3 Å². The molecule has 0 aromatic carbocycles. The summed E-state index contributed by atoms with van der Waals surface area (Å²) in [6, 6.07) is 4.82. The summed E-state index contributed by atoms with van der Waals surface area (Å²) in [6.45, 7) is 2.60. The zero-order chi connectivity index (χ0) is 13.9. The fourth-order valence-electron chi connectivity index (χ4n) is 2.77. The maximum Gasteiger partial charge on any atom is 0.220 e. The summed E-state index contributed by atoms with van der Waals surface area (Å²) in [5.41, 5.74) is 6.63. The van der Waals surface area contributed by atoms with E-state index in [1.165, 1.54) is 18.4 Å². The largest absolute Gasteiger partial charge is 0.369 e. The number of carbonyl (C=O) groups is 1. The van der Waals surface area contributed by atoms with E-state index in [0.717, 1.165) is 38.3 Å². The molecule has 1 aromatic heterocycles. The van der Waals surface area contributed by atoms with Gasteiger partial charge in [0.1, 0.15) is 5.82 Å². The molecule has 5 heteroatoms. The molecule has 1 saturated heterocycles. The van der Waals surface area contributed by atoms with Crippen LogP contribution in [0.1, 0.15) is 31.2 Å². The van der Waals surface area contributed by atoms with Crippen LogP contribution in [0.15, 0.2) is 18.3 Å². The average Bonchev–Trinajstić information content (AvgIpc) is 3.30. The Labute approximate surface area is 119 Å². The molecule has 5 nitrogen and oxygen atoms in total. The summed E-state index contributed by atoms with van der Waals surface area (Å²) in [5, 5.41) is 3.54. The lowest BCUT2D eigenvalue weighted by Gasteiger charge is -2.32. The van der Waals surface area contributed by atoms with Crippen LogP contribution >= 0.6 is 0 Å². The molecule has 0 bridgehead atoms. The normalized spacial score (nSPS) is 20.1. The fraction of sp³-hybridized carbons (Fsp3) is 0.600. The summed E-state index contributed by atoms with van der Waals surface area (Å²) < 4.78 is 0. The topological polar surface area (TPSA) is 71.2 Å². The highest BCUT2D eigenvalue weighted by atomic mass is 16.1. The Bertz CT molecular complexity index is 479. The van der Waals surface area contributed by atoms with Gasteiger partial charge in [-0.25, -0.2) is 4.98 Å². The molecule has 0 radical (unpaired) electrons. The third-order valence-corrected chi connectivity index (χ3v) is 4.22. The molecule has 2 fully saturated rings. The second-order valence-electron chi connectivity index (χ2n) is 5.80. The number of hydrogen-bond donors (Lipinski definition) is 2. The van der Waals surface area contributed by atoms with Crippen molar-refractivity contribution in [3.05, 3.63) is 23.9 Å². The Hall–Kier alpha value is -1.62. The van der Waals surface area contributed by atoms with Gasteiger partial charge in [-0.2, -0.15) is 0 Å². The lowest BCUT2D eigenvalue weighted by atomic mass is 9.96. The Morgan fingerprint density at radius 2 is 2.10 bits per heavy atom. The smallest absolute Gasteiger partial charge is 0.220 e. The van der Waals surface area contributed by atoms with E-state index in [0.29, 0.717) is 6.04 Å². The quantitative estimate of drug-likeness (QED) is 0.841. The lowest BCUT2D eigenvalue weighted by Crippen LogP contribution is -2.39. The lowest BCUT2D eigenvalue weighted by molar-refractivity contribution is -0.122. The van der Waals surface area contributed by atoms with Gasteiger partial charge >= 0.3 is 0 Å². The van der Waals surface area contributed by atoms with E-state index in [4.69, 9.17) is 5.73 Å². The summed E-state index contributed by atoms with van der Waals surface area (Å²) in [5.74, 6) is 0.924. The first-order chi connectivity index (χ1) is 9.74. The van der Waals surface area contributed by atoms with Crippen LogP contribution in [0.4, 0.5) is 5.82 Å². The molecule has 2 aliphatic rings. The molecule has 2 heterocycles. The number of pyridine rings is 1. The van der Waals surface area contributed by atoms with Crippen LogP contribution in [0.25, 0.3) is 0 Å². The predicted molar refractivity (Wildman–Crippen MR) is 78.2 cm³/mol. The van der Waals surface area contributed by atoms with Gasteiger partial charge < -0.3 is 16.0 Å². The minimum absolute atomic E-state index is 0.0306. The summed E-state index contributed by atoms with van der Waals surface area (Å²) >= 11 is 0. The molecule has 1 saturated carbocycles. The van der Waals surface area contributed by atoms with Crippen molar-refractivity contribution < 1.29 is 4.79 Å². The molecule has 0 spiro atoms. The van der Waals surface area contributed by atoms with Gasteiger partial charge in [-0.05, 0) is 31.7 Å². The molecule has 3 rings (SSSR count). The molecule has 1 aliphatic carbocycles. The van der Waals surface area contributed by atoms with Gasteiger partial charge in [-0.3, -0.25) is 4.79 Å². The van der Waals surface area contributed by atoms with Crippen LogP contribution in [0.2, 0.25) is 0 Å². The van der Waals surface area contributed by atoms with Gasteiger partial charge in [0.2, 0.25) is 5.91 Å². The van der Waals surface area contributed by atoms with Gasteiger partial charge in [0.15, 0.2) is 0 Å². The Balaban J connectivity index is 1.65. The van der Waals surface area contributed by atoms with Crippen LogP contribution in [0, 0.1) is 5.92 Å². The molecule has 0 unspecified atom stereocenters. The van der Waals surface area contributed by atoms with E-state index in [1.807, 2.05) is 12.3 Å². The van der Waals surface area contributed by atoms with Gasteiger partial charge in [0, 0.05) is 43.4 Å². The van der Waals surface area contributed by atoms with E-state index in [1.54, 1.807) is 0 Å². The third-order valence-electron chi connectivity index (χ3n) is 4.22. The standard InChI is InChI=1S/C15H22N4O/c16-14(20)11-5-8-19(9-6-11)15-12(2-1-7-17-15)10-18-13-3-4-13/h1-2,7,11,13,18H,3-6,8-10H2,(H2,16,20). The number of nitrogens with zero attached hydrogens (tertiary/aromatic N) is 2. The van der Waals surface area contributed by atoms with E-state index in [2.05, 4.69) is 21.3 Å². The van der Waals surface area contributed by atoms with E-state index < -0.39 is 0 Å². The molecular formula is C15H22N4O. The Morgan fingerprint density at radius 3 is 2.75 bits per heavy atom. The second-order valence-corrected chi connectivity index (χ2v) is 5.80. The van der Waals surface area contributed by atoms with E-state index in [-0.39, 0.29) is 11.8 Å². The zero-order valence-electron chi connectivity index (χ0n) is 11.7. The highest BCUT2D eigenvalue weighted by molar-refractivity contribution is 5.77. The Kier molecular flexibility index (Phi) is 3.87. The fourth-order valence-corrected chi connectivity index (χ4v) is 2.77. The first kappa shape index (κ1) is 13.4. The molecule has 3 N–H and O–H groups in total. The van der Waals surface area contributed by atoms with Crippen molar-refractivity contribution in [3.63, 3.8) is 0 Å². The first-order valence-electron chi connectivity index (χ1n) is 7.45. The van der Waals surface area contributed by atoms with Crippen molar-refractivity contribution in [3.8, 4) is 0 Å². The molecule has 1 amide bonds. The molecule has 108 valence electrons. The molecule has 20 heavy (non-hydrogen) atoms. The number of rotatable bonds is 5. The minimum Gasteiger partial charge on any atom is -0.369 e. The van der Waals surface area contributed by atoms with Crippen molar-refractivity contribution in [1.29, 1.82) is 0 Å². The van der Waals surface area contributed by atoms with Gasteiger partial charge in [0.25, 0.3) is 0 Å². The molecular weight excluding hydrogens is 252 g/mol. The number of carbonyl (C=O) groups excluding carboxylic acids is 1. The average molecular weight is 274 g/mol. The van der Waals surface area contributed by atoms with Crippen molar-refractivity contribution in [2.24, 2.45) is 11.7 Å². The molecule has 1 aromatic rings. The maximum atomic E-state index is 11.2. The monoisotopic (exact) mass is 274 g/mol. The third kappa shape index (κ3) is 3.10. The van der Waals surface area contributed by atoms with Gasteiger partial charge in [-0.15, -0.1) is 0 Å². The van der Waals surface area contributed by atoms with Crippen LogP contribution < -0.4 is 16.0 Å². The summed E-state index contributed by atoms with van der Waals surface area (Å²) in [7, 11) is 0. The van der Waals surface area contributed by atoms with Gasteiger partial charge in [0.05, 0.1) is 0 Å².